The fraction of sp³-hybridized carbons (Fsp3) is 0.370. The monoisotopic (exact) mass is 602 g/mol. The fourth-order valence-corrected chi connectivity index (χ4v) is 6.11. The first-order chi connectivity index (χ1) is 19.8. The van der Waals surface area contributed by atoms with E-state index in [1.165, 1.54) is 21.6 Å². The number of ether oxygens (including phenoxy) is 1. The van der Waals surface area contributed by atoms with Crippen molar-refractivity contribution in [1.82, 2.24) is 23.8 Å². The van der Waals surface area contributed by atoms with E-state index in [0.29, 0.717) is 53.4 Å². The molecule has 1 saturated carbocycles. The highest BCUT2D eigenvalue weighted by molar-refractivity contribution is 7.87. The fourth-order valence-electron chi connectivity index (χ4n) is 4.75. The molecule has 41 heavy (non-hydrogen) atoms. The third kappa shape index (κ3) is 5.80. The van der Waals surface area contributed by atoms with Crippen molar-refractivity contribution in [3.05, 3.63) is 76.0 Å². The van der Waals surface area contributed by atoms with E-state index in [1.54, 1.807) is 42.5 Å². The molecule has 3 heterocycles. The van der Waals surface area contributed by atoms with Gasteiger partial charge in [0.1, 0.15) is 11.2 Å². The second kappa shape index (κ2) is 11.0. The van der Waals surface area contributed by atoms with E-state index in [-0.39, 0.29) is 32.0 Å². The average Bonchev–Trinajstić information content (AvgIpc) is 3.61. The number of benzene rings is 2. The van der Waals surface area contributed by atoms with Crippen LogP contribution in [0.4, 0.5) is 10.1 Å². The van der Waals surface area contributed by atoms with Crippen LogP contribution in [0.3, 0.4) is 0 Å². The molecule has 216 valence electrons. The highest BCUT2D eigenvalue weighted by Crippen LogP contribution is 2.46. The Bertz CT molecular complexity index is 1730. The molecule has 1 aliphatic carbocycles. The van der Waals surface area contributed by atoms with Gasteiger partial charge in [-0.1, -0.05) is 23.7 Å². The van der Waals surface area contributed by atoms with Crippen molar-refractivity contribution in [2.45, 2.75) is 19.4 Å². The summed E-state index contributed by atoms with van der Waals surface area (Å²) in [5.74, 6) is 0.0527. The number of nitrogens with zero attached hydrogens (tertiary/aromatic N) is 5. The largest absolute Gasteiger partial charge is 0.486 e. The zero-order chi connectivity index (χ0) is 28.6. The maximum absolute atomic E-state index is 13.6. The number of fused-ring (bicyclic) bond motifs is 1. The van der Waals surface area contributed by atoms with E-state index in [1.807, 2.05) is 4.90 Å². The molecule has 0 radical (unpaired) electrons. The van der Waals surface area contributed by atoms with Gasteiger partial charge in [-0.2, -0.15) is 27.2 Å². The Labute approximate surface area is 240 Å². The first-order valence-electron chi connectivity index (χ1n) is 13.2. The molecule has 6 rings (SSSR count). The van der Waals surface area contributed by atoms with E-state index in [9.17, 15) is 17.6 Å². The normalized spacial score (nSPS) is 17.2. The summed E-state index contributed by atoms with van der Waals surface area (Å²) in [5.41, 5.74) is 1.86. The molecule has 4 aromatic rings. The second-order valence-electron chi connectivity index (χ2n) is 10.3. The molecule has 1 aliphatic heterocycles. The quantitative estimate of drug-likeness (QED) is 0.293. The average molecular weight is 603 g/mol. The maximum atomic E-state index is 13.6. The molecule has 2 aliphatic rings. The maximum Gasteiger partial charge on any atom is 0.316 e. The van der Waals surface area contributed by atoms with Crippen LogP contribution in [0.5, 0.6) is 5.75 Å². The second-order valence-corrected chi connectivity index (χ2v) is 12.5. The van der Waals surface area contributed by atoms with Crippen LogP contribution in [-0.4, -0.2) is 66.9 Å². The Kier molecular flexibility index (Phi) is 7.45. The van der Waals surface area contributed by atoms with Gasteiger partial charge in [0.25, 0.3) is 10.2 Å². The molecule has 0 unspecified atom stereocenters. The van der Waals surface area contributed by atoms with Gasteiger partial charge in [-0.05, 0) is 48.7 Å². The minimum absolute atomic E-state index is 0.0527. The third-order valence-corrected chi connectivity index (χ3v) is 9.29. The number of alkyl halides is 1. The number of oxazole rings is 1. The first-order valence-corrected chi connectivity index (χ1v) is 15.0. The minimum Gasteiger partial charge on any atom is -0.486 e. The summed E-state index contributed by atoms with van der Waals surface area (Å²) >= 11 is 6.12. The summed E-state index contributed by atoms with van der Waals surface area (Å²) in [4.78, 5) is 19.5. The molecule has 2 aromatic carbocycles. The zero-order valence-corrected chi connectivity index (χ0v) is 23.6. The Balaban J connectivity index is 1.18. The van der Waals surface area contributed by atoms with Crippen LogP contribution in [0.2, 0.25) is 5.02 Å². The van der Waals surface area contributed by atoms with Crippen LogP contribution in [-0.2, 0) is 16.8 Å². The molecule has 0 amide bonds. The van der Waals surface area contributed by atoms with Crippen molar-refractivity contribution < 1.29 is 22.0 Å². The number of hydrogen-bond donors (Lipinski definition) is 1. The number of nitrogens with one attached hydrogen (secondary N) is 1. The Morgan fingerprint density at radius 3 is 2.66 bits per heavy atom. The van der Waals surface area contributed by atoms with Crippen molar-refractivity contribution in [2.24, 2.45) is 5.41 Å². The van der Waals surface area contributed by atoms with Gasteiger partial charge in [-0.15, -0.1) is 0 Å². The molecule has 0 spiro atoms. The van der Waals surface area contributed by atoms with Crippen LogP contribution in [0.1, 0.15) is 18.4 Å². The lowest BCUT2D eigenvalue weighted by atomic mass is 10.1. The Hall–Kier alpha value is -3.52. The van der Waals surface area contributed by atoms with Gasteiger partial charge < -0.3 is 14.1 Å². The van der Waals surface area contributed by atoms with Crippen LogP contribution in [0.25, 0.3) is 16.8 Å². The van der Waals surface area contributed by atoms with Crippen LogP contribution in [0.15, 0.2) is 64.3 Å². The lowest BCUT2D eigenvalue weighted by Crippen LogP contribution is -2.52. The SMILES string of the molecule is O=c1c(OCC2(CF)CC2)c(N2CCN(S(=O)(=O)NCc3ccc4ncoc4c3)CC2)cnn1-c1cccc(Cl)c1. The molecule has 2 fully saturated rings. The van der Waals surface area contributed by atoms with E-state index in [2.05, 4.69) is 14.8 Å². The lowest BCUT2D eigenvalue weighted by molar-refractivity contribution is 0.197. The summed E-state index contributed by atoms with van der Waals surface area (Å²) in [5, 5.41) is 4.79. The Morgan fingerprint density at radius 2 is 1.93 bits per heavy atom. The Morgan fingerprint density at radius 1 is 1.12 bits per heavy atom. The topological polar surface area (TPSA) is 123 Å². The molecule has 11 nitrogen and oxygen atoms in total. The molecule has 0 bridgehead atoms. The van der Waals surface area contributed by atoms with Gasteiger partial charge in [-0.3, -0.25) is 9.18 Å². The van der Waals surface area contributed by atoms with Gasteiger partial charge >= 0.3 is 5.56 Å². The minimum atomic E-state index is -3.77. The van der Waals surface area contributed by atoms with Crippen molar-refractivity contribution in [3.63, 3.8) is 0 Å². The predicted molar refractivity (Wildman–Crippen MR) is 152 cm³/mol. The summed E-state index contributed by atoms with van der Waals surface area (Å²) in [6.07, 6.45) is 4.26. The van der Waals surface area contributed by atoms with Gasteiger partial charge in [-0.25, -0.2) is 4.98 Å². The number of rotatable bonds is 10. The summed E-state index contributed by atoms with van der Waals surface area (Å²) in [7, 11) is -3.77. The van der Waals surface area contributed by atoms with Gasteiger partial charge in [0.15, 0.2) is 12.0 Å². The molecular weight excluding hydrogens is 575 g/mol. The lowest BCUT2D eigenvalue weighted by Gasteiger charge is -2.35. The van der Waals surface area contributed by atoms with E-state index < -0.39 is 27.9 Å². The van der Waals surface area contributed by atoms with Crippen molar-refractivity contribution in [3.8, 4) is 11.4 Å². The highest BCUT2D eigenvalue weighted by atomic mass is 35.5. The molecule has 2 aromatic heterocycles. The van der Waals surface area contributed by atoms with Gasteiger partial charge in [0, 0.05) is 43.2 Å². The highest BCUT2D eigenvalue weighted by Gasteiger charge is 2.44. The van der Waals surface area contributed by atoms with Crippen molar-refractivity contribution >= 4 is 38.6 Å². The molecule has 1 N–H and O–H groups in total. The van der Waals surface area contributed by atoms with Crippen LogP contribution >= 0.6 is 11.6 Å². The smallest absolute Gasteiger partial charge is 0.316 e. The first kappa shape index (κ1) is 27.6. The van der Waals surface area contributed by atoms with Gasteiger partial charge in [0.2, 0.25) is 5.75 Å². The summed E-state index contributed by atoms with van der Waals surface area (Å²) < 4.78 is 56.2. The van der Waals surface area contributed by atoms with Crippen molar-refractivity contribution in [2.75, 3.05) is 44.4 Å². The number of hydrogen-bond acceptors (Lipinski definition) is 8. The number of halogens is 2. The standard InChI is InChI=1S/C27H28ClFN6O5S/c28-20-2-1-3-21(13-20)35-26(36)25(39-17-27(16-29)6-7-27)23(15-31-35)33-8-10-34(11-9-33)41(37,38)32-14-19-4-5-22-24(12-19)40-18-30-22/h1-5,12-13,15,18,32H,6-11,14,16-17H2. The van der Waals surface area contributed by atoms with E-state index in [0.717, 1.165) is 5.56 Å². The van der Waals surface area contributed by atoms with Crippen molar-refractivity contribution in [1.29, 1.82) is 0 Å². The third-order valence-electron chi connectivity index (χ3n) is 7.50. The number of aromatic nitrogens is 3. The van der Waals surface area contributed by atoms with E-state index in [4.69, 9.17) is 20.8 Å². The predicted octanol–water partition coefficient (Wildman–Crippen LogP) is 3.31. The summed E-state index contributed by atoms with van der Waals surface area (Å²) in [6, 6.07) is 12.0. The molecular formula is C27H28ClFN6O5S. The molecule has 0 atom stereocenters. The van der Waals surface area contributed by atoms with E-state index >= 15 is 0 Å². The number of piperazine rings is 1. The zero-order valence-electron chi connectivity index (χ0n) is 22.0. The number of anilines is 1. The van der Waals surface area contributed by atoms with Gasteiger partial charge in [0.05, 0.1) is 25.2 Å². The van der Waals surface area contributed by atoms with Crippen LogP contribution in [0, 0.1) is 5.41 Å². The van der Waals surface area contributed by atoms with Crippen LogP contribution < -0.4 is 19.9 Å². The summed E-state index contributed by atoms with van der Waals surface area (Å²) in [6.45, 7) is 0.618. The molecule has 14 heteroatoms. The molecule has 1 saturated heterocycles.